The smallest absolute Gasteiger partial charge is 0.307 e. The van der Waals surface area contributed by atoms with Crippen molar-refractivity contribution in [2.45, 2.75) is 0 Å². The molecule has 28 heavy (non-hydrogen) atoms. The van der Waals surface area contributed by atoms with Gasteiger partial charge in [0.25, 0.3) is 0 Å². The zero-order chi connectivity index (χ0) is 19.9. The van der Waals surface area contributed by atoms with E-state index in [9.17, 15) is 4.79 Å². The standard InChI is InChI=1S/C20H17N3O5/c1-25-16-5-3-4-14-11-18(28-19(14)16)20(24)23-22-12-13-6-7-15(27-9-8-21)17(10-13)26-2/h3-7,10-12H,9H2,1-2H3,(H,23,24)/b22-12-. The van der Waals surface area contributed by atoms with Crippen LogP contribution >= 0.6 is 0 Å². The van der Waals surface area contributed by atoms with Gasteiger partial charge in [0.15, 0.2) is 35.2 Å². The van der Waals surface area contributed by atoms with Gasteiger partial charge >= 0.3 is 5.91 Å². The van der Waals surface area contributed by atoms with Crippen LogP contribution < -0.4 is 19.6 Å². The first-order valence-corrected chi connectivity index (χ1v) is 8.24. The highest BCUT2D eigenvalue weighted by molar-refractivity contribution is 5.97. The largest absolute Gasteiger partial charge is 0.493 e. The van der Waals surface area contributed by atoms with Crippen molar-refractivity contribution in [3.8, 4) is 23.3 Å². The van der Waals surface area contributed by atoms with E-state index in [0.29, 0.717) is 28.4 Å². The number of carbonyl (C=O) groups is 1. The van der Waals surface area contributed by atoms with Crippen molar-refractivity contribution < 1.29 is 23.4 Å². The molecule has 1 aromatic heterocycles. The van der Waals surface area contributed by atoms with Gasteiger partial charge in [-0.15, -0.1) is 0 Å². The number of ether oxygens (including phenoxy) is 3. The van der Waals surface area contributed by atoms with E-state index in [-0.39, 0.29) is 12.4 Å². The second-order valence-electron chi connectivity index (χ2n) is 5.55. The van der Waals surface area contributed by atoms with Gasteiger partial charge in [-0.25, -0.2) is 5.43 Å². The highest BCUT2D eigenvalue weighted by Crippen LogP contribution is 2.29. The van der Waals surface area contributed by atoms with E-state index in [1.165, 1.54) is 20.4 Å². The summed E-state index contributed by atoms with van der Waals surface area (Å²) in [5.74, 6) is 1.08. The monoisotopic (exact) mass is 379 g/mol. The van der Waals surface area contributed by atoms with Crippen LogP contribution in [0.1, 0.15) is 16.1 Å². The second kappa shape index (κ2) is 8.60. The molecule has 0 bridgehead atoms. The lowest BCUT2D eigenvalue weighted by Gasteiger charge is -2.08. The predicted molar refractivity (Wildman–Crippen MR) is 102 cm³/mol. The van der Waals surface area contributed by atoms with E-state index in [4.69, 9.17) is 23.9 Å². The number of benzene rings is 2. The van der Waals surface area contributed by atoms with Crippen molar-refractivity contribution in [2.75, 3.05) is 20.8 Å². The lowest BCUT2D eigenvalue weighted by Crippen LogP contribution is -2.16. The number of nitriles is 1. The molecule has 1 heterocycles. The lowest BCUT2D eigenvalue weighted by atomic mass is 10.2. The molecule has 2 aromatic carbocycles. The average Bonchev–Trinajstić information content (AvgIpc) is 3.17. The summed E-state index contributed by atoms with van der Waals surface area (Å²) in [5.41, 5.74) is 3.58. The van der Waals surface area contributed by atoms with Crippen LogP contribution in [0.3, 0.4) is 0 Å². The minimum absolute atomic E-state index is 0.0812. The van der Waals surface area contributed by atoms with Crippen LogP contribution in [0.4, 0.5) is 0 Å². The van der Waals surface area contributed by atoms with Gasteiger partial charge < -0.3 is 18.6 Å². The van der Waals surface area contributed by atoms with Gasteiger partial charge in [-0.05, 0) is 35.9 Å². The number of methoxy groups -OCH3 is 2. The number of hydrogen-bond acceptors (Lipinski definition) is 7. The van der Waals surface area contributed by atoms with Crippen LogP contribution in [0.2, 0.25) is 0 Å². The summed E-state index contributed by atoms with van der Waals surface area (Å²) in [6.07, 6.45) is 1.46. The van der Waals surface area contributed by atoms with E-state index < -0.39 is 5.91 Å². The predicted octanol–water partition coefficient (Wildman–Crippen LogP) is 3.12. The summed E-state index contributed by atoms with van der Waals surface area (Å²) >= 11 is 0. The number of nitrogens with zero attached hydrogens (tertiary/aromatic N) is 2. The fourth-order valence-corrected chi connectivity index (χ4v) is 2.52. The van der Waals surface area contributed by atoms with E-state index in [1.54, 1.807) is 30.3 Å². The average molecular weight is 379 g/mol. The molecule has 142 valence electrons. The molecule has 0 aliphatic rings. The molecule has 8 heteroatoms. The molecule has 3 rings (SSSR count). The molecule has 0 radical (unpaired) electrons. The maximum Gasteiger partial charge on any atom is 0.307 e. The number of hydrogen-bond donors (Lipinski definition) is 1. The quantitative estimate of drug-likeness (QED) is 0.499. The summed E-state index contributed by atoms with van der Waals surface area (Å²) in [4.78, 5) is 12.3. The third-order valence-corrected chi connectivity index (χ3v) is 3.81. The zero-order valence-electron chi connectivity index (χ0n) is 15.3. The van der Waals surface area contributed by atoms with Crippen molar-refractivity contribution in [1.29, 1.82) is 5.26 Å². The van der Waals surface area contributed by atoms with Gasteiger partial charge in [0.1, 0.15) is 6.07 Å². The van der Waals surface area contributed by atoms with Gasteiger partial charge in [0, 0.05) is 5.39 Å². The summed E-state index contributed by atoms with van der Waals surface area (Å²) in [5, 5.41) is 13.3. The van der Waals surface area contributed by atoms with Gasteiger partial charge in [0.2, 0.25) is 0 Å². The molecule has 0 saturated heterocycles. The maximum absolute atomic E-state index is 12.3. The number of rotatable bonds is 7. The van der Waals surface area contributed by atoms with E-state index in [2.05, 4.69) is 10.5 Å². The van der Waals surface area contributed by atoms with E-state index in [1.807, 2.05) is 18.2 Å². The molecule has 0 atom stereocenters. The van der Waals surface area contributed by atoms with Crippen molar-refractivity contribution in [2.24, 2.45) is 5.10 Å². The van der Waals surface area contributed by atoms with Gasteiger partial charge in [-0.3, -0.25) is 4.79 Å². The fourth-order valence-electron chi connectivity index (χ4n) is 2.52. The van der Waals surface area contributed by atoms with Gasteiger partial charge in [-0.1, -0.05) is 12.1 Å². The lowest BCUT2D eigenvalue weighted by molar-refractivity contribution is 0.0929. The topological polar surface area (TPSA) is 106 Å². The highest BCUT2D eigenvalue weighted by Gasteiger charge is 2.14. The molecule has 0 fully saturated rings. The molecular formula is C20H17N3O5. The Balaban J connectivity index is 1.70. The molecule has 0 aliphatic carbocycles. The number of carbonyl (C=O) groups excluding carboxylic acids is 1. The van der Waals surface area contributed by atoms with Crippen LogP contribution in [-0.4, -0.2) is 32.9 Å². The molecule has 0 aliphatic heterocycles. The number of amides is 1. The molecule has 8 nitrogen and oxygen atoms in total. The fraction of sp³-hybridized carbons (Fsp3) is 0.150. The van der Waals surface area contributed by atoms with Crippen LogP contribution in [0.5, 0.6) is 17.2 Å². The SMILES string of the molecule is COc1cc(/C=N\NC(=O)c2cc3cccc(OC)c3o2)ccc1OCC#N. The summed E-state index contributed by atoms with van der Waals surface area (Å²) in [6, 6.07) is 14.0. The molecule has 3 aromatic rings. The summed E-state index contributed by atoms with van der Waals surface area (Å²) < 4.78 is 21.3. The third kappa shape index (κ3) is 4.04. The van der Waals surface area contributed by atoms with Crippen LogP contribution in [0.15, 0.2) is 52.0 Å². The van der Waals surface area contributed by atoms with Crippen molar-refractivity contribution in [1.82, 2.24) is 5.43 Å². The second-order valence-corrected chi connectivity index (χ2v) is 5.55. The number of para-hydroxylation sites is 1. The Morgan fingerprint density at radius 3 is 2.75 bits per heavy atom. The first-order valence-electron chi connectivity index (χ1n) is 8.24. The van der Waals surface area contributed by atoms with Crippen LogP contribution in [-0.2, 0) is 0 Å². The minimum atomic E-state index is -0.490. The van der Waals surface area contributed by atoms with Gasteiger partial charge in [0.05, 0.1) is 20.4 Å². The third-order valence-electron chi connectivity index (χ3n) is 3.81. The summed E-state index contributed by atoms with van der Waals surface area (Å²) in [7, 11) is 3.03. The molecule has 0 spiro atoms. The first-order chi connectivity index (χ1) is 13.7. The zero-order valence-corrected chi connectivity index (χ0v) is 15.3. The number of fused-ring (bicyclic) bond motifs is 1. The maximum atomic E-state index is 12.3. The van der Waals surface area contributed by atoms with Crippen molar-refractivity contribution in [3.63, 3.8) is 0 Å². The number of nitrogens with one attached hydrogen (secondary N) is 1. The molecule has 0 saturated carbocycles. The Morgan fingerprint density at radius 2 is 2.00 bits per heavy atom. The number of furan rings is 1. The van der Waals surface area contributed by atoms with Crippen molar-refractivity contribution >= 4 is 23.1 Å². The van der Waals surface area contributed by atoms with E-state index in [0.717, 1.165) is 5.39 Å². The summed E-state index contributed by atoms with van der Waals surface area (Å²) in [6.45, 7) is -0.0812. The minimum Gasteiger partial charge on any atom is -0.493 e. The molecule has 0 unspecified atom stereocenters. The van der Waals surface area contributed by atoms with E-state index >= 15 is 0 Å². The Labute approximate surface area is 160 Å². The van der Waals surface area contributed by atoms with Crippen LogP contribution in [0, 0.1) is 11.3 Å². The Hall–Kier alpha value is -3.99. The highest BCUT2D eigenvalue weighted by atomic mass is 16.5. The molecular weight excluding hydrogens is 362 g/mol. The number of hydrazone groups is 1. The Morgan fingerprint density at radius 1 is 1.18 bits per heavy atom. The first kappa shape index (κ1) is 18.8. The normalized spacial score (nSPS) is 10.6. The van der Waals surface area contributed by atoms with Crippen molar-refractivity contribution in [3.05, 3.63) is 53.8 Å². The van der Waals surface area contributed by atoms with Crippen LogP contribution in [0.25, 0.3) is 11.0 Å². The Bertz CT molecular complexity index is 1070. The van der Waals surface area contributed by atoms with Gasteiger partial charge in [-0.2, -0.15) is 10.4 Å². The Kier molecular flexibility index (Phi) is 5.77. The molecule has 1 N–H and O–H groups in total. The molecule has 1 amide bonds.